The second-order valence-electron chi connectivity index (χ2n) is 5.11. The maximum atomic E-state index is 6.31. The van der Waals surface area contributed by atoms with Crippen LogP contribution >= 0.6 is 11.8 Å². The molecule has 2 rings (SSSR count). The Labute approximate surface area is 115 Å². The van der Waals surface area contributed by atoms with Gasteiger partial charge in [0.15, 0.2) is 0 Å². The number of thioether (sulfide) groups is 1. The van der Waals surface area contributed by atoms with Gasteiger partial charge in [-0.05, 0) is 44.7 Å². The van der Waals surface area contributed by atoms with Crippen LogP contribution in [0.4, 0.5) is 0 Å². The maximum Gasteiger partial charge on any atom is 0.0349 e. The lowest BCUT2D eigenvalue weighted by Gasteiger charge is -2.15. The fraction of sp³-hybridized carbons (Fsp3) is 0.500. The molecule has 0 aromatic heterocycles. The van der Waals surface area contributed by atoms with E-state index in [-0.39, 0.29) is 6.04 Å². The topological polar surface area (TPSA) is 26.0 Å². The highest BCUT2D eigenvalue weighted by Gasteiger charge is 2.11. The van der Waals surface area contributed by atoms with Gasteiger partial charge in [0.2, 0.25) is 0 Å². The molecule has 1 aromatic carbocycles. The van der Waals surface area contributed by atoms with Crippen molar-refractivity contribution >= 4 is 11.8 Å². The molecule has 1 aliphatic carbocycles. The van der Waals surface area contributed by atoms with Gasteiger partial charge in [0.05, 0.1) is 0 Å². The Bertz CT molecular complexity index is 411. The van der Waals surface area contributed by atoms with Crippen LogP contribution in [-0.2, 0) is 0 Å². The normalized spacial score (nSPS) is 18.0. The number of nitrogens with two attached hydrogens (primary N) is 1. The molecule has 0 spiro atoms. The molecule has 0 aliphatic heterocycles. The first-order valence-electron chi connectivity index (χ1n) is 6.89. The lowest BCUT2D eigenvalue weighted by molar-refractivity contribution is 0.693. The molecule has 0 saturated heterocycles. The van der Waals surface area contributed by atoms with E-state index >= 15 is 0 Å². The van der Waals surface area contributed by atoms with Gasteiger partial charge in [0.25, 0.3) is 0 Å². The van der Waals surface area contributed by atoms with Crippen molar-refractivity contribution in [1.29, 1.82) is 0 Å². The molecule has 1 unspecified atom stereocenters. The first-order chi connectivity index (χ1) is 8.75. The fourth-order valence-electron chi connectivity index (χ4n) is 2.37. The number of benzene rings is 1. The largest absolute Gasteiger partial charge is 0.324 e. The quantitative estimate of drug-likeness (QED) is 0.646. The van der Waals surface area contributed by atoms with Gasteiger partial charge in [-0.25, -0.2) is 0 Å². The number of rotatable bonds is 4. The van der Waals surface area contributed by atoms with E-state index in [0.717, 1.165) is 5.75 Å². The smallest absolute Gasteiger partial charge is 0.0349 e. The summed E-state index contributed by atoms with van der Waals surface area (Å²) in [4.78, 5) is 1.33. The zero-order chi connectivity index (χ0) is 12.8. The van der Waals surface area contributed by atoms with Crippen LogP contribution in [0.1, 0.15) is 37.7 Å². The lowest BCUT2D eigenvalue weighted by atomic mass is 10.0. The van der Waals surface area contributed by atoms with Crippen molar-refractivity contribution in [3.63, 3.8) is 0 Å². The maximum absolute atomic E-state index is 6.31. The van der Waals surface area contributed by atoms with E-state index < -0.39 is 0 Å². The molecule has 2 heteroatoms. The highest BCUT2D eigenvalue weighted by atomic mass is 32.2. The number of hydrogen-bond acceptors (Lipinski definition) is 2. The number of hydrogen-bond donors (Lipinski definition) is 1. The van der Waals surface area contributed by atoms with E-state index in [9.17, 15) is 0 Å². The van der Waals surface area contributed by atoms with Crippen molar-refractivity contribution in [1.82, 2.24) is 0 Å². The molecule has 0 amide bonds. The molecule has 0 bridgehead atoms. The van der Waals surface area contributed by atoms with E-state index in [0.29, 0.717) is 0 Å². The van der Waals surface area contributed by atoms with Gasteiger partial charge in [-0.15, -0.1) is 11.8 Å². The van der Waals surface area contributed by atoms with Crippen molar-refractivity contribution in [2.75, 3.05) is 5.75 Å². The van der Waals surface area contributed by atoms with Crippen LogP contribution in [0.5, 0.6) is 0 Å². The first kappa shape index (κ1) is 13.7. The third-order valence-corrected chi connectivity index (χ3v) is 4.58. The van der Waals surface area contributed by atoms with Gasteiger partial charge in [-0.1, -0.05) is 35.8 Å². The first-order valence-corrected chi connectivity index (χ1v) is 7.88. The Balaban J connectivity index is 1.87. The van der Waals surface area contributed by atoms with Crippen molar-refractivity contribution in [3.05, 3.63) is 41.5 Å². The van der Waals surface area contributed by atoms with E-state index in [1.54, 1.807) is 0 Å². The van der Waals surface area contributed by atoms with E-state index in [1.807, 2.05) is 11.8 Å². The third-order valence-electron chi connectivity index (χ3n) is 3.47. The van der Waals surface area contributed by atoms with Crippen LogP contribution in [0.2, 0.25) is 0 Å². The molecule has 0 fully saturated rings. The Hall–Kier alpha value is -0.730. The van der Waals surface area contributed by atoms with Crippen LogP contribution < -0.4 is 5.73 Å². The Morgan fingerprint density at radius 2 is 2.17 bits per heavy atom. The van der Waals surface area contributed by atoms with Crippen LogP contribution in [0.3, 0.4) is 0 Å². The minimum Gasteiger partial charge on any atom is -0.324 e. The average Bonchev–Trinajstić information content (AvgIpc) is 2.65. The Kier molecular flexibility index (Phi) is 5.33. The van der Waals surface area contributed by atoms with E-state index in [4.69, 9.17) is 5.73 Å². The molecule has 0 heterocycles. The summed E-state index contributed by atoms with van der Waals surface area (Å²) in [6.45, 7) is 2.14. The van der Waals surface area contributed by atoms with Gasteiger partial charge >= 0.3 is 0 Å². The van der Waals surface area contributed by atoms with E-state index in [2.05, 4.69) is 37.3 Å². The molecule has 1 nitrogen and oxygen atoms in total. The second-order valence-corrected chi connectivity index (χ2v) is 6.21. The zero-order valence-corrected chi connectivity index (χ0v) is 12.0. The molecule has 2 N–H and O–H groups in total. The Morgan fingerprint density at radius 1 is 1.28 bits per heavy atom. The fourth-order valence-corrected chi connectivity index (χ4v) is 3.40. The predicted octanol–water partition coefficient (Wildman–Crippen LogP) is 4.30. The summed E-state index contributed by atoms with van der Waals surface area (Å²) in [5.41, 5.74) is 9.12. The molecule has 0 radical (unpaired) electrons. The Morgan fingerprint density at radius 3 is 3.00 bits per heavy atom. The molecule has 18 heavy (non-hydrogen) atoms. The zero-order valence-electron chi connectivity index (χ0n) is 11.2. The number of aryl methyl sites for hydroxylation is 1. The van der Waals surface area contributed by atoms with Crippen LogP contribution in [0.25, 0.3) is 0 Å². The molecule has 1 aliphatic rings. The molecule has 1 aromatic rings. The molecule has 0 saturated carbocycles. The predicted molar refractivity (Wildman–Crippen MR) is 81.0 cm³/mol. The highest BCUT2D eigenvalue weighted by molar-refractivity contribution is 7.99. The van der Waals surface area contributed by atoms with E-state index in [1.165, 1.54) is 48.1 Å². The summed E-state index contributed by atoms with van der Waals surface area (Å²) < 4.78 is 0. The summed E-state index contributed by atoms with van der Waals surface area (Å²) in [6, 6.07) is 8.89. The molecule has 98 valence electrons. The standard InChI is InChI=1S/C16H23NS/c1-13-7-6-10-15(11-13)18-12-16(17)14-8-4-2-3-5-9-14/h6-8,10-11,16H,2-5,9,12,17H2,1H3. The van der Waals surface area contributed by atoms with Crippen LogP contribution in [-0.4, -0.2) is 11.8 Å². The van der Waals surface area contributed by atoms with Gasteiger partial charge in [-0.3, -0.25) is 0 Å². The monoisotopic (exact) mass is 261 g/mol. The summed E-state index contributed by atoms with van der Waals surface area (Å²) >= 11 is 1.88. The summed E-state index contributed by atoms with van der Waals surface area (Å²) in [6.07, 6.45) is 8.82. The minimum absolute atomic E-state index is 0.230. The van der Waals surface area contributed by atoms with Crippen LogP contribution in [0, 0.1) is 6.92 Å². The summed E-state index contributed by atoms with van der Waals surface area (Å²) in [5, 5.41) is 0. The molecular weight excluding hydrogens is 238 g/mol. The van der Waals surface area contributed by atoms with Crippen molar-refractivity contribution in [2.24, 2.45) is 5.73 Å². The van der Waals surface area contributed by atoms with Gasteiger partial charge < -0.3 is 5.73 Å². The summed E-state index contributed by atoms with van der Waals surface area (Å²) in [7, 11) is 0. The average molecular weight is 261 g/mol. The highest BCUT2D eigenvalue weighted by Crippen LogP contribution is 2.24. The molecular formula is C16H23NS. The van der Waals surface area contributed by atoms with Crippen molar-refractivity contribution in [2.45, 2.75) is 50.0 Å². The van der Waals surface area contributed by atoms with Gasteiger partial charge in [0.1, 0.15) is 0 Å². The third kappa shape index (κ3) is 4.18. The van der Waals surface area contributed by atoms with Gasteiger partial charge in [-0.2, -0.15) is 0 Å². The molecule has 1 atom stereocenters. The summed E-state index contributed by atoms with van der Waals surface area (Å²) in [5.74, 6) is 0.995. The minimum atomic E-state index is 0.230. The van der Waals surface area contributed by atoms with Crippen molar-refractivity contribution < 1.29 is 0 Å². The second kappa shape index (κ2) is 7.01. The van der Waals surface area contributed by atoms with Crippen molar-refractivity contribution in [3.8, 4) is 0 Å². The lowest BCUT2D eigenvalue weighted by Crippen LogP contribution is -2.25. The number of allylic oxidation sites excluding steroid dienone is 1. The van der Waals surface area contributed by atoms with Gasteiger partial charge in [0, 0.05) is 16.7 Å². The van der Waals surface area contributed by atoms with Crippen LogP contribution in [0.15, 0.2) is 40.8 Å². The SMILES string of the molecule is Cc1cccc(SCC(N)C2=CCCCCC2)c1.